The van der Waals surface area contributed by atoms with Crippen molar-refractivity contribution in [2.45, 2.75) is 0 Å². The summed E-state index contributed by atoms with van der Waals surface area (Å²) in [5.41, 5.74) is 0. The van der Waals surface area contributed by atoms with Gasteiger partial charge in [-0.25, -0.2) is 0 Å². The first-order chi connectivity index (χ1) is 3.12. The molecule has 0 spiro atoms. The van der Waals surface area contributed by atoms with E-state index in [2.05, 4.69) is 9.05 Å². The van der Waals surface area contributed by atoms with E-state index in [9.17, 15) is 4.57 Å². The molecule has 0 aliphatic carbocycles. The van der Waals surface area contributed by atoms with Gasteiger partial charge in [0, 0.05) is 0 Å². The Kier molecular flexibility index (Phi) is 3.13. The Bertz CT molecular complexity index is 84.9. The van der Waals surface area contributed by atoms with Gasteiger partial charge in [-0.2, -0.15) is 0 Å². The molecule has 0 aliphatic heterocycles. The fourth-order valence-electron chi connectivity index (χ4n) is 0.0745. The quantitative estimate of drug-likeness (QED) is 0.462. The van der Waals surface area contributed by atoms with Gasteiger partial charge in [0.25, 0.3) is 0 Å². The van der Waals surface area contributed by atoms with Crippen LogP contribution in [-0.4, -0.2) is 29.8 Å². The Balaban J connectivity index is 3.61. The molecule has 0 saturated heterocycles. The molecule has 0 fully saturated rings. The van der Waals surface area contributed by atoms with Gasteiger partial charge in [0.05, 0.1) is 0 Å². The van der Waals surface area contributed by atoms with Crippen molar-refractivity contribution in [2.75, 3.05) is 14.2 Å². The van der Waals surface area contributed by atoms with Gasteiger partial charge in [-0.3, -0.25) is 0 Å². The average Bonchev–Trinajstić information content (AvgIpc) is 1.68. The molecule has 0 aliphatic rings. The van der Waals surface area contributed by atoms with E-state index in [4.69, 9.17) is 0 Å². The molecular weight excluding hydrogens is 182 g/mol. The summed E-state index contributed by atoms with van der Waals surface area (Å²) in [6.07, 6.45) is -2.72. The topological polar surface area (TPSA) is 35.5 Å². The predicted molar refractivity (Wildman–Crippen MR) is 28.8 cm³/mol. The van der Waals surface area contributed by atoms with Crippen molar-refractivity contribution in [3.63, 3.8) is 0 Å². The molecular formula is C2H7O3PSe. The first kappa shape index (κ1) is 7.67. The molecule has 0 N–H and O–H groups in total. The Labute approximate surface area is 50.3 Å². The van der Waals surface area contributed by atoms with Gasteiger partial charge in [-0.1, -0.05) is 0 Å². The SMILES string of the molecule is COP(=O)([SeH])OC. The Morgan fingerprint density at radius 1 is 1.43 bits per heavy atom. The van der Waals surface area contributed by atoms with E-state index in [0.717, 1.165) is 0 Å². The first-order valence-corrected chi connectivity index (χ1v) is 5.58. The van der Waals surface area contributed by atoms with Gasteiger partial charge < -0.3 is 0 Å². The molecule has 0 amide bonds. The molecule has 0 saturated carbocycles. The monoisotopic (exact) mass is 190 g/mol. The van der Waals surface area contributed by atoms with Gasteiger partial charge in [0.1, 0.15) is 0 Å². The molecule has 0 aromatic heterocycles. The van der Waals surface area contributed by atoms with Crippen molar-refractivity contribution in [3.8, 4) is 0 Å². The van der Waals surface area contributed by atoms with Crippen LogP contribution in [0.25, 0.3) is 0 Å². The summed E-state index contributed by atoms with van der Waals surface area (Å²) >= 11 is 1.84. The molecule has 0 heterocycles. The van der Waals surface area contributed by atoms with Crippen molar-refractivity contribution in [2.24, 2.45) is 0 Å². The Morgan fingerprint density at radius 3 is 1.71 bits per heavy atom. The van der Waals surface area contributed by atoms with Crippen molar-refractivity contribution in [3.05, 3.63) is 0 Å². The fraction of sp³-hybridized carbons (Fsp3) is 1.00. The third-order valence-corrected chi connectivity index (χ3v) is 3.44. The molecule has 3 nitrogen and oxygen atoms in total. The standard InChI is InChI=1S/C2H7O3PSe/c1-4-6(3,7)5-2/h1-2H3,(H,3,7). The molecule has 0 aromatic rings. The van der Waals surface area contributed by atoms with Crippen LogP contribution in [0.15, 0.2) is 0 Å². The van der Waals surface area contributed by atoms with E-state index in [1.807, 2.05) is 15.6 Å². The molecule has 0 radical (unpaired) electrons. The summed E-state index contributed by atoms with van der Waals surface area (Å²) < 4.78 is 19.3. The summed E-state index contributed by atoms with van der Waals surface area (Å²) in [6.45, 7) is 0. The van der Waals surface area contributed by atoms with Crippen molar-refractivity contribution in [1.82, 2.24) is 0 Å². The summed E-state index contributed by atoms with van der Waals surface area (Å²) in [5.74, 6) is 0. The van der Waals surface area contributed by atoms with E-state index in [-0.39, 0.29) is 0 Å². The summed E-state index contributed by atoms with van der Waals surface area (Å²) in [5, 5.41) is 0. The second kappa shape index (κ2) is 2.85. The summed E-state index contributed by atoms with van der Waals surface area (Å²) in [4.78, 5) is 0. The van der Waals surface area contributed by atoms with E-state index < -0.39 is 6.29 Å². The molecule has 0 aromatic carbocycles. The number of hydrogen-bond donors (Lipinski definition) is 0. The van der Waals surface area contributed by atoms with Crippen molar-refractivity contribution in [1.29, 1.82) is 0 Å². The van der Waals surface area contributed by atoms with Crippen LogP contribution in [0.3, 0.4) is 0 Å². The Hall–Kier alpha value is 0.669. The summed E-state index contributed by atoms with van der Waals surface area (Å²) in [6, 6.07) is 0. The molecule has 7 heavy (non-hydrogen) atoms. The van der Waals surface area contributed by atoms with Crippen LogP contribution < -0.4 is 0 Å². The zero-order valence-corrected chi connectivity index (χ0v) is 6.89. The fourth-order valence-corrected chi connectivity index (χ4v) is 0.224. The second-order valence-corrected chi connectivity index (χ2v) is 5.58. The first-order valence-electron chi connectivity index (χ1n) is 1.56. The van der Waals surface area contributed by atoms with Crippen LogP contribution >= 0.6 is 6.29 Å². The van der Waals surface area contributed by atoms with Crippen molar-refractivity contribution >= 4 is 21.9 Å². The molecule has 44 valence electrons. The number of rotatable bonds is 2. The van der Waals surface area contributed by atoms with Crippen molar-refractivity contribution < 1.29 is 13.6 Å². The van der Waals surface area contributed by atoms with Gasteiger partial charge >= 0.3 is 49.7 Å². The van der Waals surface area contributed by atoms with Crippen LogP contribution in [-0.2, 0) is 13.6 Å². The molecule has 0 unspecified atom stereocenters. The minimum atomic E-state index is -2.72. The third kappa shape index (κ3) is 3.27. The van der Waals surface area contributed by atoms with Gasteiger partial charge in [0.2, 0.25) is 0 Å². The molecule has 0 bridgehead atoms. The maximum atomic E-state index is 10.5. The summed E-state index contributed by atoms with van der Waals surface area (Å²) in [7, 11) is 2.67. The van der Waals surface area contributed by atoms with E-state index in [1.54, 1.807) is 0 Å². The Morgan fingerprint density at radius 2 is 1.71 bits per heavy atom. The van der Waals surface area contributed by atoms with Crippen LogP contribution in [0.4, 0.5) is 0 Å². The van der Waals surface area contributed by atoms with Gasteiger partial charge in [-0.15, -0.1) is 0 Å². The zero-order valence-electron chi connectivity index (χ0n) is 4.12. The van der Waals surface area contributed by atoms with E-state index in [1.165, 1.54) is 14.2 Å². The van der Waals surface area contributed by atoms with Gasteiger partial charge in [0.15, 0.2) is 0 Å². The molecule has 0 rings (SSSR count). The molecule has 5 heteroatoms. The predicted octanol–water partition coefficient (Wildman–Crippen LogP) is 0.288. The normalized spacial score (nSPS) is 11.9. The maximum absolute atomic E-state index is 10.5. The zero-order chi connectivity index (χ0) is 5.91. The number of hydrogen-bond acceptors (Lipinski definition) is 3. The second-order valence-electron chi connectivity index (χ2n) is 0.834. The average molecular weight is 189 g/mol. The van der Waals surface area contributed by atoms with Crippen LogP contribution in [0, 0.1) is 0 Å². The van der Waals surface area contributed by atoms with Crippen LogP contribution in [0.1, 0.15) is 0 Å². The third-order valence-electron chi connectivity index (χ3n) is 0.461. The van der Waals surface area contributed by atoms with E-state index >= 15 is 0 Å². The van der Waals surface area contributed by atoms with Gasteiger partial charge in [-0.05, 0) is 0 Å². The minimum absolute atomic E-state index is 1.34. The van der Waals surface area contributed by atoms with Crippen LogP contribution in [0.5, 0.6) is 0 Å². The van der Waals surface area contributed by atoms with E-state index in [0.29, 0.717) is 0 Å². The van der Waals surface area contributed by atoms with Crippen LogP contribution in [0.2, 0.25) is 0 Å². The molecule has 0 atom stereocenters.